The number of alkyl halides is 6. The van der Waals surface area contributed by atoms with Gasteiger partial charge in [-0.2, -0.15) is 26.3 Å². The van der Waals surface area contributed by atoms with Crippen LogP contribution in [0.3, 0.4) is 0 Å². The number of carbonyl (C=O) groups excluding carboxylic acids is 2. The first-order chi connectivity index (χ1) is 24.3. The number of unbranched alkanes of at least 4 members (excludes halogenated alkanes) is 1. The summed E-state index contributed by atoms with van der Waals surface area (Å²) in [5, 5.41) is 21.7. The van der Waals surface area contributed by atoms with Crippen LogP contribution in [0.2, 0.25) is 0 Å². The summed E-state index contributed by atoms with van der Waals surface area (Å²) in [5.74, 6) is 0.657. The van der Waals surface area contributed by atoms with Crippen molar-refractivity contribution in [2.24, 2.45) is 0 Å². The summed E-state index contributed by atoms with van der Waals surface area (Å²) in [4.78, 5) is 25.8. The number of ether oxygens (including phenoxy) is 1. The normalized spacial score (nSPS) is 17.5. The monoisotopic (exact) mass is 742 g/mol. The molecule has 1 fully saturated rings. The number of nitrogens with zero attached hydrogens (tertiary/aromatic N) is 1. The average Bonchev–Trinajstić information content (AvgIpc) is 3.17. The lowest BCUT2D eigenvalue weighted by Gasteiger charge is -2.23. The maximum atomic E-state index is 12.7. The van der Waals surface area contributed by atoms with E-state index < -0.39 is 24.0 Å². The standard InChI is InChI=1S/C19H21F3O2.C15H20N2O3.C3H8.C2H3F3/c1-3-6-13-11-15(18(23)19(20,21)22)9-10-17(13)14-7-5-8-16(12-14)24-4-2;1-3-4-10-17-13(19)15(2,16-14(17)20)11-6-5-7-12(18)9-8-11;1-3-2;1-2(3,4)5/h5,7-12,18,23H,3-4,6H2,1-2H3;6-9,18H,3-5,10H2,1-2H3,(H,16,20);3H2,1-2H3;1H3. The van der Waals surface area contributed by atoms with Crippen molar-refractivity contribution in [1.29, 1.82) is 0 Å². The second kappa shape index (κ2) is 21.3. The minimum absolute atomic E-state index is 0.129. The highest BCUT2D eigenvalue weighted by Crippen LogP contribution is 2.36. The molecule has 290 valence electrons. The number of rotatable bonds is 10. The lowest BCUT2D eigenvalue weighted by Crippen LogP contribution is -2.45. The Morgan fingerprint density at radius 3 is 2.13 bits per heavy atom. The second-order valence-electron chi connectivity index (χ2n) is 12.3. The lowest BCUT2D eigenvalue weighted by atomic mass is 9.90. The fourth-order valence-corrected chi connectivity index (χ4v) is 5.05. The van der Waals surface area contributed by atoms with E-state index in [9.17, 15) is 46.1 Å². The summed E-state index contributed by atoms with van der Waals surface area (Å²) in [6.45, 7) is 13.0. The molecule has 2 aromatic carbocycles. The minimum Gasteiger partial charge on any atom is -0.508 e. The molecule has 4 rings (SSSR count). The van der Waals surface area contributed by atoms with Gasteiger partial charge in [0.25, 0.3) is 5.91 Å². The minimum atomic E-state index is -4.67. The van der Waals surface area contributed by atoms with Gasteiger partial charge < -0.3 is 20.3 Å². The molecule has 1 aliphatic carbocycles. The van der Waals surface area contributed by atoms with E-state index in [0.717, 1.165) is 41.7 Å². The van der Waals surface area contributed by atoms with Crippen LogP contribution in [0.5, 0.6) is 5.75 Å². The van der Waals surface area contributed by atoms with Crippen molar-refractivity contribution < 1.29 is 50.9 Å². The zero-order valence-electron chi connectivity index (χ0n) is 30.9. The van der Waals surface area contributed by atoms with E-state index in [1.54, 1.807) is 25.1 Å². The molecule has 1 heterocycles. The van der Waals surface area contributed by atoms with Gasteiger partial charge in [-0.3, -0.25) is 9.69 Å². The molecule has 1 aliphatic heterocycles. The molecule has 1 saturated heterocycles. The Bertz CT molecular complexity index is 1530. The van der Waals surface area contributed by atoms with E-state index in [-0.39, 0.29) is 30.2 Å². The Labute approximate surface area is 303 Å². The van der Waals surface area contributed by atoms with Gasteiger partial charge in [0.1, 0.15) is 17.0 Å². The number of aliphatic hydroxyl groups excluding tert-OH is 2. The number of aliphatic hydroxyl groups is 2. The molecule has 52 heavy (non-hydrogen) atoms. The van der Waals surface area contributed by atoms with E-state index in [1.165, 1.54) is 29.5 Å². The number of hydrogen-bond acceptors (Lipinski definition) is 5. The maximum Gasteiger partial charge on any atom is 0.418 e. The number of amides is 3. The van der Waals surface area contributed by atoms with Crippen LogP contribution in [-0.4, -0.2) is 58.1 Å². The fraction of sp³-hybridized carbons (Fsp3) is 0.487. The Morgan fingerprint density at radius 1 is 0.942 bits per heavy atom. The molecule has 3 amide bonds. The predicted octanol–water partition coefficient (Wildman–Crippen LogP) is 10.7. The third-order valence-electron chi connectivity index (χ3n) is 7.42. The first-order valence-corrected chi connectivity index (χ1v) is 17.4. The number of carbonyl (C=O) groups is 2. The van der Waals surface area contributed by atoms with Gasteiger partial charge in [0.05, 0.1) is 6.61 Å². The molecule has 3 N–H and O–H groups in total. The quantitative estimate of drug-likeness (QED) is 0.166. The summed E-state index contributed by atoms with van der Waals surface area (Å²) in [6, 6.07) is 11.5. The number of aryl methyl sites for hydroxylation is 1. The van der Waals surface area contributed by atoms with Crippen LogP contribution in [0.15, 0.2) is 78.1 Å². The zero-order chi connectivity index (χ0) is 39.7. The smallest absolute Gasteiger partial charge is 0.418 e. The Kier molecular flexibility index (Phi) is 18.8. The van der Waals surface area contributed by atoms with E-state index >= 15 is 0 Å². The second-order valence-corrected chi connectivity index (χ2v) is 12.3. The van der Waals surface area contributed by atoms with Crippen molar-refractivity contribution in [3.63, 3.8) is 0 Å². The number of benzene rings is 2. The zero-order valence-corrected chi connectivity index (χ0v) is 30.9. The van der Waals surface area contributed by atoms with Gasteiger partial charge in [-0.15, -0.1) is 0 Å². The van der Waals surface area contributed by atoms with Crippen LogP contribution in [0.1, 0.15) is 97.8 Å². The molecular formula is C39H52F6N2O5. The highest BCUT2D eigenvalue weighted by molar-refractivity contribution is 6.09. The van der Waals surface area contributed by atoms with E-state index in [1.807, 2.05) is 51.1 Å². The topological polar surface area (TPSA) is 99.1 Å². The predicted molar refractivity (Wildman–Crippen MR) is 192 cm³/mol. The van der Waals surface area contributed by atoms with Crippen LogP contribution in [0.25, 0.3) is 11.1 Å². The largest absolute Gasteiger partial charge is 0.508 e. The lowest BCUT2D eigenvalue weighted by molar-refractivity contribution is -0.206. The molecule has 0 spiro atoms. The Morgan fingerprint density at radius 2 is 1.58 bits per heavy atom. The summed E-state index contributed by atoms with van der Waals surface area (Å²) in [5.41, 5.74) is 2.06. The van der Waals surface area contributed by atoms with Crippen LogP contribution in [-0.2, 0) is 11.2 Å². The number of imide groups is 1. The van der Waals surface area contributed by atoms with Crippen LogP contribution in [0, 0.1) is 0 Å². The first kappa shape index (κ1) is 45.8. The first-order valence-electron chi connectivity index (χ1n) is 17.4. The number of urea groups is 1. The van der Waals surface area contributed by atoms with Crippen LogP contribution >= 0.6 is 0 Å². The van der Waals surface area contributed by atoms with Crippen molar-refractivity contribution in [1.82, 2.24) is 10.2 Å². The Hall–Kier alpha value is -4.26. The van der Waals surface area contributed by atoms with Crippen molar-refractivity contribution >= 4 is 11.9 Å². The molecule has 2 aliphatic rings. The van der Waals surface area contributed by atoms with Crippen LogP contribution in [0.4, 0.5) is 31.1 Å². The molecule has 2 aromatic rings. The van der Waals surface area contributed by atoms with Gasteiger partial charge in [-0.1, -0.05) is 89.4 Å². The fourth-order valence-electron chi connectivity index (χ4n) is 5.05. The van der Waals surface area contributed by atoms with Gasteiger partial charge in [0, 0.05) is 13.5 Å². The maximum absolute atomic E-state index is 12.7. The summed E-state index contributed by atoms with van der Waals surface area (Å²) >= 11 is 0. The van der Waals surface area contributed by atoms with Gasteiger partial charge in [0.2, 0.25) is 0 Å². The summed E-state index contributed by atoms with van der Waals surface area (Å²) in [7, 11) is 0. The van der Waals surface area contributed by atoms with Gasteiger partial charge in [-0.25, -0.2) is 4.79 Å². The number of allylic oxidation sites excluding steroid dienone is 3. The van der Waals surface area contributed by atoms with E-state index in [2.05, 4.69) is 19.2 Å². The molecule has 7 nitrogen and oxygen atoms in total. The number of nitrogens with one attached hydrogen (secondary N) is 1. The van der Waals surface area contributed by atoms with Crippen molar-refractivity contribution in [2.75, 3.05) is 13.2 Å². The van der Waals surface area contributed by atoms with Gasteiger partial charge in [0.15, 0.2) is 6.10 Å². The SMILES string of the molecule is CC(F)(F)F.CCC.CCCCN1C(=O)NC(C)(C2=CCC=C(O)C=C2)C1=O.CCCc1cc(C(O)C(F)(F)F)ccc1-c1cccc(OCC)c1. The van der Waals surface area contributed by atoms with E-state index in [0.29, 0.717) is 31.6 Å². The number of hydrogen-bond donors (Lipinski definition) is 3. The molecule has 0 radical (unpaired) electrons. The molecule has 0 aromatic heterocycles. The highest BCUT2D eigenvalue weighted by Gasteiger charge is 2.49. The molecule has 2 atom stereocenters. The highest BCUT2D eigenvalue weighted by atomic mass is 19.4. The molecular weight excluding hydrogens is 690 g/mol. The van der Waals surface area contributed by atoms with Gasteiger partial charge >= 0.3 is 18.4 Å². The molecule has 13 heteroatoms. The van der Waals surface area contributed by atoms with E-state index in [4.69, 9.17) is 4.74 Å². The molecule has 0 bridgehead atoms. The van der Waals surface area contributed by atoms with Crippen molar-refractivity contribution in [2.45, 2.75) is 111 Å². The Balaban J connectivity index is 0.000000436. The van der Waals surface area contributed by atoms with Crippen LogP contribution < -0.4 is 10.1 Å². The number of halogens is 6. The average molecular weight is 743 g/mol. The van der Waals surface area contributed by atoms with Crippen molar-refractivity contribution in [3.05, 3.63) is 89.2 Å². The third-order valence-corrected chi connectivity index (χ3v) is 7.42. The molecule has 2 unspecified atom stereocenters. The molecule has 0 saturated carbocycles. The van der Waals surface area contributed by atoms with Gasteiger partial charge in [-0.05, 0) is 85.2 Å². The van der Waals surface area contributed by atoms with Crippen molar-refractivity contribution in [3.8, 4) is 16.9 Å². The summed E-state index contributed by atoms with van der Waals surface area (Å²) < 4.78 is 74.8. The summed E-state index contributed by atoms with van der Waals surface area (Å²) in [6.07, 6.45) is 0.526. The third kappa shape index (κ3) is 14.8.